The number of carbonyl (C=O) groups excluding carboxylic acids is 5. The van der Waals surface area contributed by atoms with Gasteiger partial charge in [0.1, 0.15) is 24.4 Å². The second kappa shape index (κ2) is 15.7. The first-order valence-corrected chi connectivity index (χ1v) is 14.8. The predicted molar refractivity (Wildman–Crippen MR) is 165 cm³/mol. The molecule has 0 radical (unpaired) electrons. The van der Waals surface area contributed by atoms with Crippen molar-refractivity contribution in [3.05, 3.63) is 83.7 Å². The van der Waals surface area contributed by atoms with Crippen LogP contribution in [-0.4, -0.2) is 73.8 Å². The molecular formula is C34H36N2O11. The number of methoxy groups -OCH3 is 2. The SMILES string of the molecule is COc1ccc(C(=O)Oc2c(OC)ccnc2C(=O)NC2COC(=O)C(Cc3ccccc3)C(OC(=O)C(C)C)C(C)OC2=O)cc1. The van der Waals surface area contributed by atoms with Crippen LogP contribution in [0.2, 0.25) is 0 Å². The van der Waals surface area contributed by atoms with Crippen LogP contribution < -0.4 is 19.5 Å². The van der Waals surface area contributed by atoms with Crippen molar-refractivity contribution in [1.82, 2.24) is 10.3 Å². The molecule has 1 N–H and O–H groups in total. The summed E-state index contributed by atoms with van der Waals surface area (Å²) in [5.74, 6) is -5.38. The Morgan fingerprint density at radius 1 is 0.957 bits per heavy atom. The van der Waals surface area contributed by atoms with Gasteiger partial charge in [0.15, 0.2) is 23.6 Å². The lowest BCUT2D eigenvalue weighted by Gasteiger charge is -2.29. The normalized spacial score (nSPS) is 19.6. The minimum Gasteiger partial charge on any atom is -0.497 e. The number of hydrogen-bond acceptors (Lipinski definition) is 12. The smallest absolute Gasteiger partial charge is 0.343 e. The average Bonchev–Trinajstić information content (AvgIpc) is 3.10. The molecule has 248 valence electrons. The maximum absolute atomic E-state index is 13.5. The lowest BCUT2D eigenvalue weighted by atomic mass is 9.91. The van der Waals surface area contributed by atoms with Crippen LogP contribution in [0.5, 0.6) is 17.2 Å². The largest absolute Gasteiger partial charge is 0.497 e. The number of nitrogens with one attached hydrogen (secondary N) is 1. The van der Waals surface area contributed by atoms with Crippen molar-refractivity contribution in [1.29, 1.82) is 0 Å². The van der Waals surface area contributed by atoms with E-state index in [4.69, 9.17) is 28.4 Å². The molecule has 1 amide bonds. The fourth-order valence-electron chi connectivity index (χ4n) is 4.71. The fourth-order valence-corrected chi connectivity index (χ4v) is 4.71. The number of pyridine rings is 1. The monoisotopic (exact) mass is 648 g/mol. The third-order valence-electron chi connectivity index (χ3n) is 7.29. The highest BCUT2D eigenvalue weighted by Gasteiger charge is 2.42. The zero-order valence-corrected chi connectivity index (χ0v) is 26.6. The van der Waals surface area contributed by atoms with Crippen molar-refractivity contribution >= 4 is 29.8 Å². The second-order valence-corrected chi connectivity index (χ2v) is 11.0. The van der Waals surface area contributed by atoms with E-state index in [1.807, 2.05) is 6.07 Å². The van der Waals surface area contributed by atoms with Gasteiger partial charge in [-0.1, -0.05) is 44.2 Å². The number of hydrogen-bond donors (Lipinski definition) is 1. The Hall–Kier alpha value is -5.46. The Balaban J connectivity index is 1.58. The van der Waals surface area contributed by atoms with Crippen LogP contribution >= 0.6 is 0 Å². The van der Waals surface area contributed by atoms with E-state index in [1.165, 1.54) is 45.5 Å². The van der Waals surface area contributed by atoms with Crippen LogP contribution in [0.25, 0.3) is 0 Å². The molecule has 2 aromatic carbocycles. The molecule has 0 spiro atoms. The third-order valence-corrected chi connectivity index (χ3v) is 7.29. The number of aromatic nitrogens is 1. The third kappa shape index (κ3) is 8.63. The Kier molecular flexibility index (Phi) is 11.5. The molecular weight excluding hydrogens is 612 g/mol. The minimum absolute atomic E-state index is 0.0164. The van der Waals surface area contributed by atoms with E-state index in [0.29, 0.717) is 5.75 Å². The van der Waals surface area contributed by atoms with E-state index in [9.17, 15) is 24.0 Å². The highest BCUT2D eigenvalue weighted by molar-refractivity contribution is 6.00. The van der Waals surface area contributed by atoms with E-state index < -0.39 is 66.5 Å². The zero-order valence-electron chi connectivity index (χ0n) is 26.6. The van der Waals surface area contributed by atoms with Gasteiger partial charge in [0.2, 0.25) is 5.75 Å². The van der Waals surface area contributed by atoms with Crippen molar-refractivity contribution in [2.24, 2.45) is 11.8 Å². The summed E-state index contributed by atoms with van der Waals surface area (Å²) in [5, 5.41) is 2.46. The molecule has 13 heteroatoms. The summed E-state index contributed by atoms with van der Waals surface area (Å²) in [4.78, 5) is 70.0. The number of esters is 4. The van der Waals surface area contributed by atoms with E-state index in [-0.39, 0.29) is 29.2 Å². The first-order valence-electron chi connectivity index (χ1n) is 14.8. The van der Waals surface area contributed by atoms with Gasteiger partial charge in [-0.05, 0) is 43.2 Å². The molecule has 4 atom stereocenters. The zero-order chi connectivity index (χ0) is 34.1. The molecule has 1 fully saturated rings. The first kappa shape index (κ1) is 34.4. The van der Waals surface area contributed by atoms with E-state index in [2.05, 4.69) is 10.3 Å². The van der Waals surface area contributed by atoms with Crippen LogP contribution in [0.1, 0.15) is 47.2 Å². The Morgan fingerprint density at radius 3 is 2.30 bits per heavy atom. The molecule has 2 heterocycles. The molecule has 1 aromatic heterocycles. The lowest BCUT2D eigenvalue weighted by molar-refractivity contribution is -0.176. The van der Waals surface area contributed by atoms with Gasteiger partial charge in [0.25, 0.3) is 5.91 Å². The summed E-state index contributed by atoms with van der Waals surface area (Å²) >= 11 is 0. The molecule has 47 heavy (non-hydrogen) atoms. The van der Waals surface area contributed by atoms with Gasteiger partial charge in [0, 0.05) is 12.3 Å². The molecule has 4 rings (SSSR count). The van der Waals surface area contributed by atoms with Crippen LogP contribution in [0.3, 0.4) is 0 Å². The predicted octanol–water partition coefficient (Wildman–Crippen LogP) is 3.33. The van der Waals surface area contributed by atoms with Crippen molar-refractivity contribution in [2.75, 3.05) is 20.8 Å². The minimum atomic E-state index is -1.50. The number of benzene rings is 2. The first-order chi connectivity index (χ1) is 22.5. The fraction of sp³-hybridized carbons (Fsp3) is 0.353. The van der Waals surface area contributed by atoms with Crippen molar-refractivity contribution < 1.29 is 52.4 Å². The quantitative estimate of drug-likeness (QED) is 0.252. The van der Waals surface area contributed by atoms with Crippen molar-refractivity contribution in [3.8, 4) is 17.2 Å². The molecule has 4 unspecified atom stereocenters. The summed E-state index contributed by atoms with van der Waals surface area (Å²) in [7, 11) is 2.80. The number of rotatable bonds is 10. The molecule has 13 nitrogen and oxygen atoms in total. The molecule has 1 aliphatic rings. The van der Waals surface area contributed by atoms with Gasteiger partial charge < -0.3 is 33.7 Å². The van der Waals surface area contributed by atoms with Crippen LogP contribution in [-0.2, 0) is 35.0 Å². The standard InChI is InChI=1S/C34H36N2O11/c1-19(2)31(38)46-28-20(3)45-34(41)25(18-44-33(40)24(28)17-21-9-7-6-8-10-21)36-30(37)27-29(26(43-5)15-16-35-27)47-32(39)22-11-13-23(42-4)14-12-22/h6-16,19-20,24-25,28H,17-18H2,1-5H3,(H,36,37). The second-order valence-electron chi connectivity index (χ2n) is 11.0. The Bertz CT molecular complexity index is 1590. The number of amides is 1. The molecule has 0 bridgehead atoms. The molecule has 1 aliphatic heterocycles. The van der Waals surface area contributed by atoms with Crippen LogP contribution in [0, 0.1) is 11.8 Å². The van der Waals surface area contributed by atoms with Gasteiger partial charge in [-0.15, -0.1) is 0 Å². The van der Waals surface area contributed by atoms with Gasteiger partial charge in [-0.2, -0.15) is 0 Å². The molecule has 0 saturated carbocycles. The van der Waals surface area contributed by atoms with Gasteiger partial charge in [-0.3, -0.25) is 14.4 Å². The van der Waals surface area contributed by atoms with Crippen molar-refractivity contribution in [3.63, 3.8) is 0 Å². The number of nitrogens with zero attached hydrogens (tertiary/aromatic N) is 1. The van der Waals surface area contributed by atoms with Crippen molar-refractivity contribution in [2.45, 2.75) is 45.4 Å². The maximum atomic E-state index is 13.5. The summed E-state index contributed by atoms with van der Waals surface area (Å²) in [6.45, 7) is 4.17. The van der Waals surface area contributed by atoms with E-state index in [1.54, 1.807) is 50.2 Å². The molecule has 3 aromatic rings. The summed E-state index contributed by atoms with van der Waals surface area (Å²) in [5.41, 5.74) is 0.536. The topological polar surface area (TPSA) is 166 Å². The van der Waals surface area contributed by atoms with Gasteiger partial charge in [0.05, 0.1) is 25.7 Å². The average molecular weight is 649 g/mol. The molecule has 0 aliphatic carbocycles. The van der Waals surface area contributed by atoms with Crippen LogP contribution in [0.4, 0.5) is 0 Å². The van der Waals surface area contributed by atoms with E-state index in [0.717, 1.165) is 5.56 Å². The van der Waals surface area contributed by atoms with Gasteiger partial charge >= 0.3 is 23.9 Å². The summed E-state index contributed by atoms with van der Waals surface area (Å²) in [6.07, 6.45) is -0.894. The number of cyclic esters (lactones) is 2. The Labute approximate surface area is 271 Å². The van der Waals surface area contributed by atoms with Gasteiger partial charge in [-0.25, -0.2) is 14.6 Å². The number of carbonyl (C=O) groups is 5. The lowest BCUT2D eigenvalue weighted by Crippen LogP contribution is -2.47. The Morgan fingerprint density at radius 2 is 1.66 bits per heavy atom. The highest BCUT2D eigenvalue weighted by Crippen LogP contribution is 2.31. The maximum Gasteiger partial charge on any atom is 0.343 e. The highest BCUT2D eigenvalue weighted by atomic mass is 16.6. The summed E-state index contributed by atoms with van der Waals surface area (Å²) < 4.78 is 32.8. The van der Waals surface area contributed by atoms with Crippen LogP contribution in [0.15, 0.2) is 66.9 Å². The molecule has 1 saturated heterocycles. The van der Waals surface area contributed by atoms with E-state index >= 15 is 0 Å². The summed E-state index contributed by atoms with van der Waals surface area (Å²) in [6, 6.07) is 15.0. The number of ether oxygens (including phenoxy) is 6.